The van der Waals surface area contributed by atoms with Gasteiger partial charge in [0.05, 0.1) is 6.54 Å². The van der Waals surface area contributed by atoms with E-state index in [9.17, 15) is 45.9 Å². The van der Waals surface area contributed by atoms with Crippen molar-refractivity contribution >= 4 is 29.4 Å². The second-order valence-corrected chi connectivity index (χ2v) is 13.4. The lowest BCUT2D eigenvalue weighted by Crippen LogP contribution is -2.58. The van der Waals surface area contributed by atoms with Crippen molar-refractivity contribution in [3.8, 4) is 0 Å². The summed E-state index contributed by atoms with van der Waals surface area (Å²) in [6.07, 6.45) is -0.804. The lowest BCUT2D eigenvalue weighted by Gasteiger charge is -2.33. The Morgan fingerprint density at radius 2 is 1.21 bits per heavy atom. The molecule has 4 aromatic carbocycles. The normalized spacial score (nSPS) is 18.9. The summed E-state index contributed by atoms with van der Waals surface area (Å²) in [4.78, 5) is 70.5. The number of amides is 4. The summed E-state index contributed by atoms with van der Waals surface area (Å²) in [5.41, 5.74) is 0.797. The Kier molecular flexibility index (Phi) is 13.7. The molecule has 1 heterocycles. The second kappa shape index (κ2) is 18.6. The highest BCUT2D eigenvalue weighted by Crippen LogP contribution is 2.25. The van der Waals surface area contributed by atoms with Crippen LogP contribution in [0.4, 0.5) is 22.0 Å². The van der Waals surface area contributed by atoms with Crippen LogP contribution in [-0.4, -0.2) is 91.1 Å². The lowest BCUT2D eigenvalue weighted by molar-refractivity contribution is -0.143. The predicted octanol–water partition coefficient (Wildman–Crippen LogP) is 3.89. The molecule has 1 saturated heterocycles. The molecule has 4 amide bonds. The standard InChI is InChI=1S/C41H40F5N5O5/c1-50-31(22-28-33(42)35(44)37(46)36(45)34(28)43)40(55)49-29(21-25-13-16-27(17-14-25)38(53)26-11-7-4-8-12-26)41(56)51(2)30(18-15-24-9-5-3-6-10-24)39(54)48-20-19-47-23-32(50)52/h3-14,16-17,29-31,47H,15,18-23H2,1-2H3,(H,48,54)(H,49,55)/t29-,30-,31-/m0/s1. The smallest absolute Gasteiger partial charge is 0.245 e. The van der Waals surface area contributed by atoms with E-state index in [4.69, 9.17) is 0 Å². The zero-order valence-corrected chi connectivity index (χ0v) is 30.6. The molecule has 0 aromatic heterocycles. The van der Waals surface area contributed by atoms with Gasteiger partial charge in [-0.25, -0.2) is 22.0 Å². The van der Waals surface area contributed by atoms with Crippen molar-refractivity contribution in [1.82, 2.24) is 25.8 Å². The van der Waals surface area contributed by atoms with Gasteiger partial charge in [0.2, 0.25) is 29.4 Å². The van der Waals surface area contributed by atoms with Crippen LogP contribution in [0.15, 0.2) is 84.9 Å². The third-order valence-corrected chi connectivity index (χ3v) is 9.71. The Labute approximate surface area is 320 Å². The first-order chi connectivity index (χ1) is 26.8. The van der Waals surface area contributed by atoms with E-state index in [0.29, 0.717) is 23.1 Å². The van der Waals surface area contributed by atoms with E-state index in [0.717, 1.165) is 17.5 Å². The van der Waals surface area contributed by atoms with Crippen molar-refractivity contribution in [3.63, 3.8) is 0 Å². The van der Waals surface area contributed by atoms with Crippen LogP contribution in [-0.2, 0) is 38.4 Å². The highest BCUT2D eigenvalue weighted by atomic mass is 19.2. The third kappa shape index (κ3) is 9.63. The molecule has 0 saturated carbocycles. The van der Waals surface area contributed by atoms with E-state index in [1.54, 1.807) is 42.5 Å². The average Bonchev–Trinajstić information content (AvgIpc) is 3.21. The summed E-state index contributed by atoms with van der Waals surface area (Å²) in [6, 6.07) is 19.5. The number of benzene rings is 4. The van der Waals surface area contributed by atoms with Crippen molar-refractivity contribution in [2.45, 2.75) is 43.8 Å². The van der Waals surface area contributed by atoms with Gasteiger partial charge in [-0.2, -0.15) is 0 Å². The number of likely N-dealkylation sites (N-methyl/N-ethyl adjacent to an activating group) is 2. The Bertz CT molecular complexity index is 2040. The molecule has 0 unspecified atom stereocenters. The van der Waals surface area contributed by atoms with Crippen LogP contribution in [0.2, 0.25) is 0 Å². The predicted molar refractivity (Wildman–Crippen MR) is 196 cm³/mol. The number of hydrogen-bond acceptors (Lipinski definition) is 6. The van der Waals surface area contributed by atoms with Gasteiger partial charge in [0.25, 0.3) is 0 Å². The van der Waals surface area contributed by atoms with Crippen molar-refractivity contribution < 1.29 is 45.9 Å². The van der Waals surface area contributed by atoms with Gasteiger partial charge in [-0.3, -0.25) is 24.0 Å². The SMILES string of the molecule is CN1C(=O)CNCCNC(=O)[C@H](CCc2ccccc2)N(C)C(=O)[C@H](Cc2ccc(C(=O)c3ccccc3)cc2)NC(=O)[C@@H]1Cc1c(F)c(F)c(F)c(F)c1F. The number of halogens is 5. The first-order valence-corrected chi connectivity index (χ1v) is 17.8. The summed E-state index contributed by atoms with van der Waals surface area (Å²) < 4.78 is 72.4. The number of carbonyl (C=O) groups excluding carboxylic acids is 5. The number of ketones is 1. The first kappa shape index (κ1) is 41.2. The number of nitrogens with one attached hydrogen (secondary N) is 3. The molecule has 3 N–H and O–H groups in total. The summed E-state index contributed by atoms with van der Waals surface area (Å²) in [6.45, 7) is -0.336. The third-order valence-electron chi connectivity index (χ3n) is 9.71. The number of carbonyl (C=O) groups is 5. The molecule has 3 atom stereocenters. The molecule has 56 heavy (non-hydrogen) atoms. The summed E-state index contributed by atoms with van der Waals surface area (Å²) in [5, 5.41) is 8.10. The quantitative estimate of drug-likeness (QED) is 0.103. The van der Waals surface area contributed by atoms with E-state index < -0.39 is 89.4 Å². The monoisotopic (exact) mass is 777 g/mol. The Balaban J connectivity index is 1.52. The largest absolute Gasteiger partial charge is 0.353 e. The summed E-state index contributed by atoms with van der Waals surface area (Å²) in [5.74, 6) is -14.7. The Morgan fingerprint density at radius 1 is 0.643 bits per heavy atom. The van der Waals surface area contributed by atoms with Crippen LogP contribution in [0.3, 0.4) is 0 Å². The van der Waals surface area contributed by atoms with Crippen molar-refractivity contribution in [2.75, 3.05) is 33.7 Å². The van der Waals surface area contributed by atoms with Crippen molar-refractivity contribution in [3.05, 3.63) is 142 Å². The van der Waals surface area contributed by atoms with Gasteiger partial charge in [0.15, 0.2) is 29.1 Å². The van der Waals surface area contributed by atoms with E-state index >= 15 is 0 Å². The molecule has 294 valence electrons. The van der Waals surface area contributed by atoms with Crippen LogP contribution < -0.4 is 16.0 Å². The molecular weight excluding hydrogens is 737 g/mol. The summed E-state index contributed by atoms with van der Waals surface area (Å²) in [7, 11) is 2.50. The molecule has 1 aliphatic rings. The van der Waals surface area contributed by atoms with Crippen LogP contribution in [0.5, 0.6) is 0 Å². The van der Waals surface area contributed by atoms with Gasteiger partial charge in [-0.1, -0.05) is 84.9 Å². The number of rotatable bonds is 9. The molecule has 1 fully saturated rings. The highest BCUT2D eigenvalue weighted by molar-refractivity contribution is 6.09. The molecule has 0 spiro atoms. The Hall–Kier alpha value is -5.96. The molecule has 15 heteroatoms. The number of hydrogen-bond donors (Lipinski definition) is 3. The molecule has 5 rings (SSSR count). The maximum absolute atomic E-state index is 15.0. The molecule has 0 bridgehead atoms. The van der Waals surface area contributed by atoms with Gasteiger partial charge in [-0.05, 0) is 24.0 Å². The minimum absolute atomic E-state index is 0.0301. The van der Waals surface area contributed by atoms with Gasteiger partial charge < -0.3 is 25.8 Å². The fourth-order valence-electron chi connectivity index (χ4n) is 6.41. The van der Waals surface area contributed by atoms with Gasteiger partial charge in [0.1, 0.15) is 18.1 Å². The topological polar surface area (TPSA) is 128 Å². The van der Waals surface area contributed by atoms with E-state index in [2.05, 4.69) is 16.0 Å². The van der Waals surface area contributed by atoms with Crippen molar-refractivity contribution in [2.24, 2.45) is 0 Å². The first-order valence-electron chi connectivity index (χ1n) is 17.8. The molecule has 10 nitrogen and oxygen atoms in total. The molecule has 0 aliphatic carbocycles. The van der Waals surface area contributed by atoms with Gasteiger partial charge in [0, 0.05) is 56.7 Å². The van der Waals surface area contributed by atoms with Crippen molar-refractivity contribution in [1.29, 1.82) is 0 Å². The van der Waals surface area contributed by atoms with E-state index in [1.165, 1.54) is 24.1 Å². The van der Waals surface area contributed by atoms with Crippen LogP contribution in [0.1, 0.15) is 39.0 Å². The molecule has 4 aromatic rings. The fourth-order valence-corrected chi connectivity index (χ4v) is 6.41. The minimum atomic E-state index is -2.39. The van der Waals surface area contributed by atoms with Crippen LogP contribution in [0.25, 0.3) is 0 Å². The van der Waals surface area contributed by atoms with Gasteiger partial charge >= 0.3 is 0 Å². The highest BCUT2D eigenvalue weighted by Gasteiger charge is 2.37. The van der Waals surface area contributed by atoms with E-state index in [1.807, 2.05) is 30.3 Å². The maximum atomic E-state index is 15.0. The summed E-state index contributed by atoms with van der Waals surface area (Å²) >= 11 is 0. The van der Waals surface area contributed by atoms with E-state index in [-0.39, 0.29) is 31.7 Å². The average molecular weight is 778 g/mol. The second-order valence-electron chi connectivity index (χ2n) is 13.4. The number of aryl methyl sites for hydroxylation is 1. The zero-order valence-electron chi connectivity index (χ0n) is 30.6. The fraction of sp³-hybridized carbons (Fsp3) is 0.293. The zero-order chi connectivity index (χ0) is 40.5. The Morgan fingerprint density at radius 3 is 1.84 bits per heavy atom. The molecule has 0 radical (unpaired) electrons. The van der Waals surface area contributed by atoms with Gasteiger partial charge in [-0.15, -0.1) is 0 Å². The van der Waals surface area contributed by atoms with Crippen LogP contribution >= 0.6 is 0 Å². The minimum Gasteiger partial charge on any atom is -0.353 e. The maximum Gasteiger partial charge on any atom is 0.245 e. The molecule has 1 aliphatic heterocycles. The number of nitrogens with zero attached hydrogens (tertiary/aromatic N) is 2. The molecular formula is C41H40F5N5O5. The van der Waals surface area contributed by atoms with Crippen LogP contribution in [0, 0.1) is 29.1 Å². The lowest BCUT2D eigenvalue weighted by atomic mass is 9.97.